The van der Waals surface area contributed by atoms with Crippen LogP contribution < -0.4 is 15.2 Å². The van der Waals surface area contributed by atoms with E-state index < -0.39 is 10.0 Å². The van der Waals surface area contributed by atoms with Crippen molar-refractivity contribution < 1.29 is 17.9 Å². The van der Waals surface area contributed by atoms with Crippen molar-refractivity contribution in [3.8, 4) is 5.88 Å². The maximum atomic E-state index is 12.4. The Labute approximate surface area is 141 Å². The molecule has 0 fully saturated rings. The van der Waals surface area contributed by atoms with Crippen molar-refractivity contribution in [3.63, 3.8) is 0 Å². The number of hydrogen-bond donors (Lipinski definition) is 2. The third-order valence-electron chi connectivity index (χ3n) is 3.29. The number of aryl methyl sites for hydroxylation is 1. The van der Waals surface area contributed by atoms with Crippen LogP contribution in [0.4, 0.5) is 11.6 Å². The summed E-state index contributed by atoms with van der Waals surface area (Å²) in [4.78, 5) is 8.35. The molecule has 0 aliphatic rings. The molecule has 0 unspecified atom stereocenters. The molecule has 0 amide bonds. The topological polar surface area (TPSA) is 116 Å². The minimum absolute atomic E-state index is 0.0534. The summed E-state index contributed by atoms with van der Waals surface area (Å²) in [5.74, 6) is 0.261. The number of nitrogens with one attached hydrogen (secondary N) is 1. The lowest BCUT2D eigenvalue weighted by Gasteiger charge is -2.12. The third-order valence-corrected chi connectivity index (χ3v) is 4.63. The van der Waals surface area contributed by atoms with Crippen LogP contribution in [0.15, 0.2) is 29.2 Å². The molecule has 2 aromatic rings. The second-order valence-corrected chi connectivity index (χ2v) is 6.76. The zero-order valence-electron chi connectivity index (χ0n) is 13.7. The first-order valence-corrected chi connectivity index (χ1v) is 8.67. The van der Waals surface area contributed by atoms with Gasteiger partial charge in [0.1, 0.15) is 6.61 Å². The largest absolute Gasteiger partial charge is 0.475 e. The molecule has 0 aliphatic carbocycles. The van der Waals surface area contributed by atoms with Gasteiger partial charge in [-0.25, -0.2) is 18.1 Å². The second kappa shape index (κ2) is 7.45. The Balaban J connectivity index is 2.26. The molecule has 9 heteroatoms. The number of benzene rings is 1. The van der Waals surface area contributed by atoms with E-state index in [0.717, 1.165) is 5.56 Å². The van der Waals surface area contributed by atoms with E-state index in [1.54, 1.807) is 21.0 Å². The maximum Gasteiger partial charge on any atom is 0.264 e. The van der Waals surface area contributed by atoms with Crippen LogP contribution in [-0.4, -0.2) is 38.7 Å². The van der Waals surface area contributed by atoms with Gasteiger partial charge in [0.25, 0.3) is 10.0 Å². The van der Waals surface area contributed by atoms with Crippen molar-refractivity contribution in [1.29, 1.82) is 0 Å². The van der Waals surface area contributed by atoms with Crippen LogP contribution in [0.2, 0.25) is 0 Å². The summed E-state index contributed by atoms with van der Waals surface area (Å²) in [6.07, 6.45) is 0. The van der Waals surface area contributed by atoms with Gasteiger partial charge < -0.3 is 15.2 Å². The quantitative estimate of drug-likeness (QED) is 0.573. The van der Waals surface area contributed by atoms with Crippen LogP contribution in [0.3, 0.4) is 0 Å². The molecule has 130 valence electrons. The zero-order valence-corrected chi connectivity index (χ0v) is 14.6. The first-order chi connectivity index (χ1) is 11.3. The number of aromatic nitrogens is 2. The molecule has 1 aromatic carbocycles. The van der Waals surface area contributed by atoms with Gasteiger partial charge in [-0.05, 0) is 38.1 Å². The maximum absolute atomic E-state index is 12.4. The molecule has 1 heterocycles. The van der Waals surface area contributed by atoms with E-state index in [1.807, 2.05) is 0 Å². The van der Waals surface area contributed by atoms with Crippen LogP contribution in [0, 0.1) is 13.8 Å². The van der Waals surface area contributed by atoms with Crippen molar-refractivity contribution in [2.45, 2.75) is 18.7 Å². The van der Waals surface area contributed by atoms with Crippen LogP contribution in [0.1, 0.15) is 11.3 Å². The Morgan fingerprint density at radius 3 is 2.42 bits per heavy atom. The third kappa shape index (κ3) is 4.33. The van der Waals surface area contributed by atoms with Gasteiger partial charge in [0, 0.05) is 24.1 Å². The monoisotopic (exact) mass is 352 g/mol. The summed E-state index contributed by atoms with van der Waals surface area (Å²) in [6.45, 7) is 4.25. The SMILES string of the molecule is COCCOc1nc(NS(=O)(=O)c2ccc(N)cc2)nc(C)c1C. The first-order valence-electron chi connectivity index (χ1n) is 7.19. The summed E-state index contributed by atoms with van der Waals surface area (Å²) in [7, 11) is -2.25. The molecule has 8 nitrogen and oxygen atoms in total. The van der Waals surface area contributed by atoms with Crippen LogP contribution in [0.5, 0.6) is 5.88 Å². The number of ether oxygens (including phenoxy) is 2. The molecule has 0 bridgehead atoms. The fourth-order valence-corrected chi connectivity index (χ4v) is 2.78. The van der Waals surface area contributed by atoms with Crippen molar-refractivity contribution in [3.05, 3.63) is 35.5 Å². The van der Waals surface area contributed by atoms with E-state index in [0.29, 0.717) is 30.5 Å². The highest BCUT2D eigenvalue weighted by Gasteiger charge is 2.18. The predicted octanol–water partition coefficient (Wildman–Crippen LogP) is 1.50. The van der Waals surface area contributed by atoms with E-state index in [2.05, 4.69) is 14.7 Å². The summed E-state index contributed by atoms with van der Waals surface area (Å²) < 4.78 is 37.6. The highest BCUT2D eigenvalue weighted by atomic mass is 32.2. The molecule has 0 saturated heterocycles. The van der Waals surface area contributed by atoms with Crippen molar-refractivity contribution >= 4 is 21.7 Å². The Hall–Kier alpha value is -2.39. The molecule has 0 saturated carbocycles. The Morgan fingerprint density at radius 2 is 1.79 bits per heavy atom. The molecule has 3 N–H and O–H groups in total. The lowest BCUT2D eigenvalue weighted by Crippen LogP contribution is -2.17. The molecule has 0 spiro atoms. The Morgan fingerprint density at radius 1 is 1.12 bits per heavy atom. The molecular formula is C15H20N4O4S. The zero-order chi connectivity index (χ0) is 17.7. The lowest BCUT2D eigenvalue weighted by atomic mass is 10.2. The average Bonchev–Trinajstić information content (AvgIpc) is 2.52. The smallest absolute Gasteiger partial charge is 0.264 e. The van der Waals surface area contributed by atoms with E-state index >= 15 is 0 Å². The van der Waals surface area contributed by atoms with Gasteiger partial charge >= 0.3 is 0 Å². The molecule has 24 heavy (non-hydrogen) atoms. The van der Waals surface area contributed by atoms with Crippen LogP contribution in [-0.2, 0) is 14.8 Å². The number of methoxy groups -OCH3 is 1. The molecule has 2 rings (SSSR count). The van der Waals surface area contributed by atoms with Gasteiger partial charge in [0.15, 0.2) is 0 Å². The molecule has 0 radical (unpaired) electrons. The van der Waals surface area contributed by atoms with Gasteiger partial charge in [-0.3, -0.25) is 0 Å². The number of nitrogens with zero attached hydrogens (tertiary/aromatic N) is 2. The number of nitrogens with two attached hydrogens (primary N) is 1. The normalized spacial score (nSPS) is 11.3. The van der Waals surface area contributed by atoms with Gasteiger partial charge in [0.05, 0.1) is 11.5 Å². The second-order valence-electron chi connectivity index (χ2n) is 5.08. The van der Waals surface area contributed by atoms with Gasteiger partial charge in [-0.1, -0.05) is 0 Å². The molecule has 0 aliphatic heterocycles. The highest BCUT2D eigenvalue weighted by Crippen LogP contribution is 2.21. The average molecular weight is 352 g/mol. The number of sulfonamides is 1. The van der Waals surface area contributed by atoms with Crippen molar-refractivity contribution in [2.24, 2.45) is 0 Å². The Bertz CT molecular complexity index is 807. The van der Waals surface area contributed by atoms with Gasteiger partial charge in [-0.15, -0.1) is 0 Å². The van der Waals surface area contributed by atoms with E-state index in [9.17, 15) is 8.42 Å². The summed E-state index contributed by atoms with van der Waals surface area (Å²) in [5, 5.41) is 0. The predicted molar refractivity (Wildman–Crippen MR) is 90.5 cm³/mol. The minimum Gasteiger partial charge on any atom is -0.475 e. The van der Waals surface area contributed by atoms with Crippen LogP contribution >= 0.6 is 0 Å². The van der Waals surface area contributed by atoms with Crippen LogP contribution in [0.25, 0.3) is 0 Å². The molecular weight excluding hydrogens is 332 g/mol. The Kier molecular flexibility index (Phi) is 5.58. The number of anilines is 2. The number of hydrogen-bond acceptors (Lipinski definition) is 7. The standard InChI is InChI=1S/C15H20N4O4S/c1-10-11(2)17-15(18-14(10)23-9-8-22-3)19-24(20,21)13-6-4-12(16)5-7-13/h4-7H,8-9,16H2,1-3H3,(H,17,18,19). The summed E-state index contributed by atoms with van der Waals surface area (Å²) in [6, 6.07) is 5.84. The number of nitrogen functional groups attached to an aromatic ring is 1. The van der Waals surface area contributed by atoms with Crippen molar-refractivity contribution in [1.82, 2.24) is 9.97 Å². The molecule has 1 aromatic heterocycles. The van der Waals surface area contributed by atoms with E-state index in [4.69, 9.17) is 15.2 Å². The minimum atomic E-state index is -3.81. The van der Waals surface area contributed by atoms with Gasteiger partial charge in [0.2, 0.25) is 11.8 Å². The van der Waals surface area contributed by atoms with Gasteiger partial charge in [-0.2, -0.15) is 4.98 Å². The van der Waals surface area contributed by atoms with Crippen molar-refractivity contribution in [2.75, 3.05) is 30.8 Å². The number of rotatable bonds is 7. The summed E-state index contributed by atoms with van der Waals surface area (Å²) >= 11 is 0. The molecule has 0 atom stereocenters. The first kappa shape index (κ1) is 18.0. The van der Waals surface area contributed by atoms with E-state index in [1.165, 1.54) is 24.3 Å². The summed E-state index contributed by atoms with van der Waals surface area (Å²) in [5.41, 5.74) is 7.40. The highest BCUT2D eigenvalue weighted by molar-refractivity contribution is 7.92. The lowest BCUT2D eigenvalue weighted by molar-refractivity contribution is 0.143. The fraction of sp³-hybridized carbons (Fsp3) is 0.333. The fourth-order valence-electron chi connectivity index (χ4n) is 1.84. The van der Waals surface area contributed by atoms with E-state index in [-0.39, 0.29) is 10.8 Å².